The van der Waals surface area contributed by atoms with Crippen molar-refractivity contribution in [1.29, 1.82) is 0 Å². The van der Waals surface area contributed by atoms with Crippen molar-refractivity contribution in [2.75, 3.05) is 0 Å². The molecule has 0 aromatic heterocycles. The van der Waals surface area contributed by atoms with Crippen LogP contribution < -0.4 is 5.19 Å². The summed E-state index contributed by atoms with van der Waals surface area (Å²) < 4.78 is 1.15. The number of halogens is 1. The summed E-state index contributed by atoms with van der Waals surface area (Å²) in [5.41, 5.74) is 0. The molecule has 0 aliphatic heterocycles. The molecule has 0 amide bonds. The van der Waals surface area contributed by atoms with Crippen LogP contribution in [-0.2, 0) is 0 Å². The Balaban J connectivity index is 3.03. The van der Waals surface area contributed by atoms with E-state index in [1.165, 1.54) is 5.19 Å². The average Bonchev–Trinajstić information content (AvgIpc) is 1.77. The zero-order chi connectivity index (χ0) is 5.98. The normalized spacial score (nSPS) is 9.25. The van der Waals surface area contributed by atoms with Crippen LogP contribution in [0.5, 0.6) is 0 Å². The Bertz CT molecular complexity index is 147. The van der Waals surface area contributed by atoms with E-state index >= 15 is 0 Å². The fourth-order valence-electron chi connectivity index (χ4n) is 0.484. The van der Waals surface area contributed by atoms with Crippen molar-refractivity contribution in [3.63, 3.8) is 0 Å². The lowest BCUT2D eigenvalue weighted by Gasteiger charge is -1.88. The molecule has 0 bridgehead atoms. The van der Waals surface area contributed by atoms with Crippen molar-refractivity contribution in [3.05, 3.63) is 28.7 Å². The Morgan fingerprint density at radius 1 is 1.12 bits per heavy atom. The SMILES string of the molecule is [SiH2]c1ccc(Br)cc1. The summed E-state index contributed by atoms with van der Waals surface area (Å²) >= 11 is 3.35. The molecule has 1 radical (unpaired) electrons. The smallest absolute Gasteiger partial charge is 0.0477 e. The molecular weight excluding hydrogens is 180 g/mol. The van der Waals surface area contributed by atoms with Crippen LogP contribution in [-0.4, -0.2) is 10.2 Å². The third-order valence-corrected chi connectivity index (χ3v) is 1.91. The second-order valence-corrected chi connectivity index (χ2v) is 3.36. The monoisotopic (exact) mass is 185 g/mol. The fraction of sp³-hybridized carbons (Fsp3) is 0. The molecule has 41 valence electrons. The van der Waals surface area contributed by atoms with Gasteiger partial charge in [0.25, 0.3) is 0 Å². The molecule has 0 aliphatic rings. The van der Waals surface area contributed by atoms with Crippen molar-refractivity contribution in [2.45, 2.75) is 0 Å². The summed E-state index contributed by atoms with van der Waals surface area (Å²) in [6.45, 7) is 0. The minimum atomic E-state index is 1.15. The molecule has 0 saturated heterocycles. The second-order valence-electron chi connectivity index (χ2n) is 1.63. The van der Waals surface area contributed by atoms with Gasteiger partial charge in [-0.1, -0.05) is 33.2 Å². The summed E-state index contributed by atoms with van der Waals surface area (Å²) in [6.07, 6.45) is 0. The van der Waals surface area contributed by atoms with Crippen molar-refractivity contribution in [2.24, 2.45) is 0 Å². The zero-order valence-electron chi connectivity index (χ0n) is 4.39. The lowest BCUT2D eigenvalue weighted by Crippen LogP contribution is -1.97. The zero-order valence-corrected chi connectivity index (χ0v) is 7.39. The molecule has 0 spiro atoms. The Labute approximate surface area is 60.5 Å². The number of hydrogen-bond acceptors (Lipinski definition) is 0. The standard InChI is InChI=1S/C6H6BrSi/c7-5-1-3-6(8)4-2-5/h1-4H,8H2. The van der Waals surface area contributed by atoms with E-state index in [1.807, 2.05) is 22.4 Å². The first-order valence-electron chi connectivity index (χ1n) is 2.36. The summed E-state index contributed by atoms with van der Waals surface area (Å²) in [7, 11) is 1.89. The highest BCUT2D eigenvalue weighted by atomic mass is 79.9. The van der Waals surface area contributed by atoms with Gasteiger partial charge in [-0.2, -0.15) is 0 Å². The van der Waals surface area contributed by atoms with Gasteiger partial charge in [-0.3, -0.25) is 0 Å². The van der Waals surface area contributed by atoms with Gasteiger partial charge in [0, 0.05) is 14.7 Å². The minimum Gasteiger partial charge on any atom is -0.0696 e. The maximum atomic E-state index is 3.35. The molecule has 0 nitrogen and oxygen atoms in total. The first-order valence-corrected chi connectivity index (χ1v) is 3.86. The van der Waals surface area contributed by atoms with E-state index in [-0.39, 0.29) is 0 Å². The van der Waals surface area contributed by atoms with Gasteiger partial charge in [-0.15, -0.1) is 0 Å². The van der Waals surface area contributed by atoms with Crippen LogP contribution in [0.2, 0.25) is 0 Å². The summed E-state index contributed by atoms with van der Waals surface area (Å²) in [6, 6.07) is 8.26. The number of hydrogen-bond donors (Lipinski definition) is 0. The van der Waals surface area contributed by atoms with E-state index in [2.05, 4.69) is 28.1 Å². The molecule has 0 fully saturated rings. The molecule has 0 saturated carbocycles. The van der Waals surface area contributed by atoms with Crippen LogP contribution in [0.4, 0.5) is 0 Å². The highest BCUT2D eigenvalue weighted by Gasteiger charge is 1.81. The van der Waals surface area contributed by atoms with Crippen LogP contribution in [0, 0.1) is 0 Å². The molecule has 0 heterocycles. The van der Waals surface area contributed by atoms with Crippen LogP contribution in [0.3, 0.4) is 0 Å². The van der Waals surface area contributed by atoms with Gasteiger partial charge in [-0.05, 0) is 12.1 Å². The van der Waals surface area contributed by atoms with Crippen molar-refractivity contribution in [3.8, 4) is 0 Å². The highest BCUT2D eigenvalue weighted by Crippen LogP contribution is 2.04. The van der Waals surface area contributed by atoms with Gasteiger partial charge in [0.2, 0.25) is 0 Å². The Morgan fingerprint density at radius 3 is 2.00 bits per heavy atom. The van der Waals surface area contributed by atoms with E-state index in [4.69, 9.17) is 0 Å². The van der Waals surface area contributed by atoms with E-state index in [1.54, 1.807) is 0 Å². The van der Waals surface area contributed by atoms with Crippen LogP contribution >= 0.6 is 15.9 Å². The van der Waals surface area contributed by atoms with Crippen LogP contribution in [0.15, 0.2) is 28.7 Å². The van der Waals surface area contributed by atoms with Crippen LogP contribution in [0.1, 0.15) is 0 Å². The highest BCUT2D eigenvalue weighted by molar-refractivity contribution is 9.10. The molecule has 2 heteroatoms. The van der Waals surface area contributed by atoms with E-state index in [9.17, 15) is 0 Å². The summed E-state index contributed by atoms with van der Waals surface area (Å²) in [5.74, 6) is 0. The van der Waals surface area contributed by atoms with Crippen molar-refractivity contribution >= 4 is 31.4 Å². The summed E-state index contributed by atoms with van der Waals surface area (Å²) in [5, 5.41) is 1.33. The topological polar surface area (TPSA) is 0 Å². The molecule has 1 rings (SSSR count). The third kappa shape index (κ3) is 1.45. The number of rotatable bonds is 0. The molecule has 8 heavy (non-hydrogen) atoms. The predicted molar refractivity (Wildman–Crippen MR) is 42.3 cm³/mol. The Hall–Kier alpha value is -0.0831. The summed E-state index contributed by atoms with van der Waals surface area (Å²) in [4.78, 5) is 0. The van der Waals surface area contributed by atoms with Gasteiger partial charge < -0.3 is 0 Å². The van der Waals surface area contributed by atoms with Gasteiger partial charge in [0.1, 0.15) is 0 Å². The fourth-order valence-corrected chi connectivity index (χ4v) is 0.984. The Kier molecular flexibility index (Phi) is 1.86. The molecule has 0 N–H and O–H groups in total. The predicted octanol–water partition coefficient (Wildman–Crippen LogP) is 0.708. The van der Waals surface area contributed by atoms with Gasteiger partial charge >= 0.3 is 0 Å². The first kappa shape index (κ1) is 6.04. The molecule has 0 atom stereocenters. The van der Waals surface area contributed by atoms with Crippen LogP contribution in [0.25, 0.3) is 0 Å². The molecular formula is C6H6BrSi. The molecule has 1 aromatic rings. The average molecular weight is 186 g/mol. The van der Waals surface area contributed by atoms with Crippen molar-refractivity contribution in [1.82, 2.24) is 0 Å². The van der Waals surface area contributed by atoms with Gasteiger partial charge in [0.15, 0.2) is 0 Å². The van der Waals surface area contributed by atoms with Crippen molar-refractivity contribution < 1.29 is 0 Å². The molecule has 1 aromatic carbocycles. The van der Waals surface area contributed by atoms with E-state index in [0.717, 1.165) is 4.47 Å². The second kappa shape index (κ2) is 2.46. The molecule has 0 aliphatic carbocycles. The maximum Gasteiger partial charge on any atom is 0.0477 e. The molecule has 0 unspecified atom stereocenters. The van der Waals surface area contributed by atoms with Gasteiger partial charge in [-0.25, -0.2) is 0 Å². The number of benzene rings is 1. The quantitative estimate of drug-likeness (QED) is 0.523. The van der Waals surface area contributed by atoms with E-state index < -0.39 is 0 Å². The largest absolute Gasteiger partial charge is 0.0696 e. The third-order valence-electron chi connectivity index (χ3n) is 0.913. The lowest BCUT2D eigenvalue weighted by atomic mass is 10.4. The minimum absolute atomic E-state index is 1.15. The maximum absolute atomic E-state index is 3.35. The first-order chi connectivity index (χ1) is 3.79. The lowest BCUT2D eigenvalue weighted by molar-refractivity contribution is 1.70. The Morgan fingerprint density at radius 2 is 1.62 bits per heavy atom. The van der Waals surface area contributed by atoms with Gasteiger partial charge in [0.05, 0.1) is 0 Å². The van der Waals surface area contributed by atoms with E-state index in [0.29, 0.717) is 0 Å².